The lowest BCUT2D eigenvalue weighted by atomic mass is 10.2. The standard InChI is InChI=1S/C13H22N2O3S/c1-11(2)15(9-10-16)19(17,18)13-5-3-12(4-6-13)7-8-14/h3-6,11,16H,7-10,14H2,1-2H3. The number of nitrogens with zero attached hydrogens (tertiary/aromatic N) is 1. The molecule has 0 fully saturated rings. The van der Waals surface area contributed by atoms with E-state index in [0.717, 1.165) is 12.0 Å². The first-order chi connectivity index (χ1) is 8.93. The summed E-state index contributed by atoms with van der Waals surface area (Å²) in [6.45, 7) is 4.02. The van der Waals surface area contributed by atoms with Crippen molar-refractivity contribution in [3.8, 4) is 0 Å². The molecule has 3 N–H and O–H groups in total. The average Bonchev–Trinajstić information content (AvgIpc) is 2.36. The van der Waals surface area contributed by atoms with Crippen molar-refractivity contribution in [1.29, 1.82) is 0 Å². The lowest BCUT2D eigenvalue weighted by Gasteiger charge is -2.25. The lowest BCUT2D eigenvalue weighted by molar-refractivity contribution is 0.236. The normalized spacial score (nSPS) is 12.3. The molecule has 0 aliphatic heterocycles. The lowest BCUT2D eigenvalue weighted by Crippen LogP contribution is -2.38. The molecule has 0 atom stereocenters. The molecular weight excluding hydrogens is 264 g/mol. The number of hydrogen-bond acceptors (Lipinski definition) is 4. The zero-order chi connectivity index (χ0) is 14.5. The maximum Gasteiger partial charge on any atom is 0.243 e. The van der Waals surface area contributed by atoms with Gasteiger partial charge in [-0.15, -0.1) is 0 Å². The highest BCUT2D eigenvalue weighted by molar-refractivity contribution is 7.89. The van der Waals surface area contributed by atoms with Gasteiger partial charge in [0.2, 0.25) is 10.0 Å². The van der Waals surface area contributed by atoms with Crippen LogP contribution in [0.5, 0.6) is 0 Å². The number of sulfonamides is 1. The quantitative estimate of drug-likeness (QED) is 0.768. The van der Waals surface area contributed by atoms with Crippen LogP contribution in [0.25, 0.3) is 0 Å². The average molecular weight is 286 g/mol. The molecule has 0 saturated heterocycles. The molecule has 19 heavy (non-hydrogen) atoms. The minimum absolute atomic E-state index is 0.102. The molecule has 1 rings (SSSR count). The molecule has 0 amide bonds. The van der Waals surface area contributed by atoms with Gasteiger partial charge in [-0.3, -0.25) is 0 Å². The summed E-state index contributed by atoms with van der Waals surface area (Å²) in [7, 11) is -3.55. The first kappa shape index (κ1) is 16.1. The summed E-state index contributed by atoms with van der Waals surface area (Å²) < 4.78 is 26.1. The molecule has 0 bridgehead atoms. The van der Waals surface area contributed by atoms with E-state index >= 15 is 0 Å². The number of rotatable bonds is 7. The Morgan fingerprint density at radius 3 is 2.26 bits per heavy atom. The Morgan fingerprint density at radius 2 is 1.84 bits per heavy atom. The van der Waals surface area contributed by atoms with Gasteiger partial charge in [0.25, 0.3) is 0 Å². The Kier molecular flexibility index (Phi) is 5.93. The molecule has 0 unspecified atom stereocenters. The molecule has 0 aromatic heterocycles. The van der Waals surface area contributed by atoms with Crippen LogP contribution in [0.4, 0.5) is 0 Å². The monoisotopic (exact) mass is 286 g/mol. The van der Waals surface area contributed by atoms with Crippen LogP contribution >= 0.6 is 0 Å². The van der Waals surface area contributed by atoms with E-state index in [2.05, 4.69) is 0 Å². The van der Waals surface area contributed by atoms with Crippen molar-refractivity contribution < 1.29 is 13.5 Å². The summed E-state index contributed by atoms with van der Waals surface area (Å²) in [5.74, 6) is 0. The highest BCUT2D eigenvalue weighted by Crippen LogP contribution is 2.18. The van der Waals surface area contributed by atoms with Crippen LogP contribution in [0.3, 0.4) is 0 Å². The zero-order valence-corrected chi connectivity index (χ0v) is 12.2. The van der Waals surface area contributed by atoms with Crippen molar-refractivity contribution in [3.05, 3.63) is 29.8 Å². The third-order valence-corrected chi connectivity index (χ3v) is 4.95. The van der Waals surface area contributed by atoms with Crippen molar-refractivity contribution in [2.45, 2.75) is 31.2 Å². The van der Waals surface area contributed by atoms with Gasteiger partial charge in [-0.2, -0.15) is 4.31 Å². The molecule has 5 nitrogen and oxygen atoms in total. The summed E-state index contributed by atoms with van der Waals surface area (Å²) in [6.07, 6.45) is 0.727. The van der Waals surface area contributed by atoms with E-state index in [4.69, 9.17) is 10.8 Å². The van der Waals surface area contributed by atoms with Crippen LogP contribution in [0, 0.1) is 0 Å². The van der Waals surface area contributed by atoms with E-state index in [-0.39, 0.29) is 24.1 Å². The summed E-state index contributed by atoms with van der Waals surface area (Å²) in [5, 5.41) is 8.99. The summed E-state index contributed by atoms with van der Waals surface area (Å²) >= 11 is 0. The topological polar surface area (TPSA) is 83.6 Å². The first-order valence-electron chi connectivity index (χ1n) is 6.35. The van der Waals surface area contributed by atoms with E-state index in [1.165, 1.54) is 4.31 Å². The SMILES string of the molecule is CC(C)N(CCO)S(=O)(=O)c1ccc(CCN)cc1. The minimum Gasteiger partial charge on any atom is -0.395 e. The summed E-state index contributed by atoms with van der Waals surface area (Å²) in [4.78, 5) is 0.246. The Hall–Kier alpha value is -0.950. The molecular formula is C13H22N2O3S. The van der Waals surface area contributed by atoms with Crippen molar-refractivity contribution in [1.82, 2.24) is 4.31 Å². The predicted octanol–water partition coefficient (Wildman–Crippen LogP) is 0.579. The third kappa shape index (κ3) is 4.01. The fourth-order valence-electron chi connectivity index (χ4n) is 1.88. The van der Waals surface area contributed by atoms with Crippen LogP contribution in [-0.2, 0) is 16.4 Å². The first-order valence-corrected chi connectivity index (χ1v) is 7.79. The Bertz CT molecular complexity index is 483. The van der Waals surface area contributed by atoms with Crippen LogP contribution in [0.2, 0.25) is 0 Å². The van der Waals surface area contributed by atoms with Crippen molar-refractivity contribution in [2.24, 2.45) is 5.73 Å². The fraction of sp³-hybridized carbons (Fsp3) is 0.538. The molecule has 0 radical (unpaired) electrons. The van der Waals surface area contributed by atoms with Gasteiger partial charge in [-0.05, 0) is 44.5 Å². The van der Waals surface area contributed by atoms with Gasteiger partial charge in [0.05, 0.1) is 11.5 Å². The van der Waals surface area contributed by atoms with E-state index in [1.54, 1.807) is 38.1 Å². The number of aliphatic hydroxyl groups is 1. The molecule has 108 valence electrons. The zero-order valence-electron chi connectivity index (χ0n) is 11.4. The fourth-order valence-corrected chi connectivity index (χ4v) is 3.51. The van der Waals surface area contributed by atoms with Crippen LogP contribution in [0.1, 0.15) is 19.4 Å². The number of benzene rings is 1. The molecule has 0 spiro atoms. The van der Waals surface area contributed by atoms with Crippen LogP contribution in [0.15, 0.2) is 29.2 Å². The number of aliphatic hydroxyl groups excluding tert-OH is 1. The van der Waals surface area contributed by atoms with Crippen LogP contribution < -0.4 is 5.73 Å². The predicted molar refractivity (Wildman–Crippen MR) is 75.3 cm³/mol. The van der Waals surface area contributed by atoms with Gasteiger partial charge in [0.1, 0.15) is 0 Å². The van der Waals surface area contributed by atoms with Crippen molar-refractivity contribution >= 4 is 10.0 Å². The van der Waals surface area contributed by atoms with Gasteiger partial charge in [0.15, 0.2) is 0 Å². The van der Waals surface area contributed by atoms with Gasteiger partial charge < -0.3 is 10.8 Å². The van der Waals surface area contributed by atoms with E-state index in [0.29, 0.717) is 6.54 Å². The van der Waals surface area contributed by atoms with Gasteiger partial charge >= 0.3 is 0 Å². The largest absolute Gasteiger partial charge is 0.395 e. The smallest absolute Gasteiger partial charge is 0.243 e. The molecule has 1 aromatic rings. The van der Waals surface area contributed by atoms with Crippen molar-refractivity contribution in [3.63, 3.8) is 0 Å². The molecule has 6 heteroatoms. The van der Waals surface area contributed by atoms with Gasteiger partial charge in [0, 0.05) is 12.6 Å². The van der Waals surface area contributed by atoms with E-state index in [9.17, 15) is 8.42 Å². The third-order valence-electron chi connectivity index (χ3n) is 2.86. The summed E-state index contributed by atoms with van der Waals surface area (Å²) in [5.41, 5.74) is 6.47. The Morgan fingerprint density at radius 1 is 1.26 bits per heavy atom. The second-order valence-corrected chi connectivity index (χ2v) is 6.51. The van der Waals surface area contributed by atoms with Gasteiger partial charge in [-0.1, -0.05) is 12.1 Å². The van der Waals surface area contributed by atoms with Crippen LogP contribution in [-0.4, -0.2) is 43.6 Å². The minimum atomic E-state index is -3.55. The number of hydrogen-bond donors (Lipinski definition) is 2. The second kappa shape index (κ2) is 7.00. The maximum atomic E-state index is 12.4. The maximum absolute atomic E-state index is 12.4. The van der Waals surface area contributed by atoms with Gasteiger partial charge in [-0.25, -0.2) is 8.42 Å². The number of nitrogens with two attached hydrogens (primary N) is 1. The molecule has 0 aliphatic carbocycles. The molecule has 1 aromatic carbocycles. The Balaban J connectivity index is 3.04. The molecule has 0 aliphatic rings. The Labute approximate surface area is 115 Å². The molecule has 0 heterocycles. The second-order valence-electron chi connectivity index (χ2n) is 4.62. The van der Waals surface area contributed by atoms with Crippen molar-refractivity contribution in [2.75, 3.05) is 19.7 Å². The molecule has 0 saturated carbocycles. The highest BCUT2D eigenvalue weighted by atomic mass is 32.2. The highest BCUT2D eigenvalue weighted by Gasteiger charge is 2.26. The van der Waals surface area contributed by atoms with E-state index in [1.807, 2.05) is 0 Å². The summed E-state index contributed by atoms with van der Waals surface area (Å²) in [6, 6.07) is 6.54. The van der Waals surface area contributed by atoms with E-state index < -0.39 is 10.0 Å².